The number of thiazole rings is 1. The van der Waals surface area contributed by atoms with Gasteiger partial charge in [-0.1, -0.05) is 54.7 Å². The van der Waals surface area contributed by atoms with Crippen molar-refractivity contribution < 1.29 is 19.4 Å². The van der Waals surface area contributed by atoms with Crippen molar-refractivity contribution in [1.29, 1.82) is 0 Å². The van der Waals surface area contributed by atoms with Gasteiger partial charge in [0, 0.05) is 5.56 Å². The van der Waals surface area contributed by atoms with Crippen LogP contribution in [0.2, 0.25) is 0 Å². The van der Waals surface area contributed by atoms with Gasteiger partial charge in [-0.2, -0.15) is 0 Å². The van der Waals surface area contributed by atoms with Crippen molar-refractivity contribution in [3.05, 3.63) is 95.1 Å². The molecule has 7 heteroatoms. The van der Waals surface area contributed by atoms with Gasteiger partial charge in [-0.3, -0.25) is 14.5 Å². The third kappa shape index (κ3) is 4.08. The Bertz CT molecular complexity index is 1440. The van der Waals surface area contributed by atoms with E-state index in [9.17, 15) is 14.7 Å². The minimum Gasteiger partial charge on any atom is -0.507 e. The summed E-state index contributed by atoms with van der Waals surface area (Å²) in [4.78, 5) is 32.8. The van der Waals surface area contributed by atoms with E-state index in [1.165, 1.54) is 21.8 Å². The fraction of sp³-hybridized carbons (Fsp3) is 0.179. The first-order valence-corrected chi connectivity index (χ1v) is 12.3. The van der Waals surface area contributed by atoms with Crippen LogP contribution in [0.3, 0.4) is 0 Å². The van der Waals surface area contributed by atoms with Crippen molar-refractivity contribution in [2.24, 2.45) is 0 Å². The van der Waals surface area contributed by atoms with E-state index in [1.54, 1.807) is 24.3 Å². The molecular formula is C28H24N2O4S. The largest absolute Gasteiger partial charge is 0.507 e. The zero-order valence-corrected chi connectivity index (χ0v) is 20.2. The van der Waals surface area contributed by atoms with E-state index in [4.69, 9.17) is 4.74 Å². The second kappa shape index (κ2) is 9.35. The molecule has 1 aliphatic heterocycles. The highest BCUT2D eigenvalue weighted by Crippen LogP contribution is 2.44. The number of aromatic nitrogens is 1. The first-order valence-electron chi connectivity index (χ1n) is 11.5. The molecule has 1 saturated heterocycles. The number of carbonyl (C=O) groups excluding carboxylic acids is 2. The Labute approximate surface area is 207 Å². The monoisotopic (exact) mass is 484 g/mol. The minimum absolute atomic E-state index is 0.0406. The summed E-state index contributed by atoms with van der Waals surface area (Å²) in [6.07, 6.45) is 0.889. The first kappa shape index (κ1) is 22.8. The van der Waals surface area contributed by atoms with Crippen LogP contribution >= 0.6 is 11.3 Å². The number of nitrogens with zero attached hydrogens (tertiary/aromatic N) is 2. The lowest BCUT2D eigenvalue weighted by molar-refractivity contribution is -0.132. The molecule has 176 valence electrons. The van der Waals surface area contributed by atoms with Crippen LogP contribution in [0.15, 0.2) is 78.4 Å². The van der Waals surface area contributed by atoms with E-state index >= 15 is 0 Å². The van der Waals surface area contributed by atoms with Crippen LogP contribution in [0.5, 0.6) is 5.75 Å². The molecule has 0 saturated carbocycles. The predicted molar refractivity (Wildman–Crippen MR) is 138 cm³/mol. The Balaban J connectivity index is 1.66. The molecule has 0 bridgehead atoms. The van der Waals surface area contributed by atoms with E-state index in [1.807, 2.05) is 49.4 Å². The number of fused-ring (bicyclic) bond motifs is 1. The fourth-order valence-electron chi connectivity index (χ4n) is 4.29. The van der Waals surface area contributed by atoms with E-state index in [0.29, 0.717) is 28.6 Å². The van der Waals surface area contributed by atoms with Crippen molar-refractivity contribution in [2.75, 3.05) is 11.5 Å². The molecule has 3 aromatic carbocycles. The molecule has 1 N–H and O–H groups in total. The van der Waals surface area contributed by atoms with Gasteiger partial charge in [0.05, 0.1) is 28.4 Å². The standard InChI is InChI=1S/C28H24N2O4S/c1-3-17-10-15-21-22(16-17)35-28(29-21)30-24(18-8-6-5-7-9-18)23(26(32)27(30)33)25(31)19-11-13-20(14-12-19)34-4-2/h5-16,24,31H,3-4H2,1-2H3/t24-/m1/s1. The molecule has 0 aliphatic carbocycles. The Hall–Kier alpha value is -3.97. The van der Waals surface area contributed by atoms with Crippen molar-refractivity contribution in [3.8, 4) is 5.75 Å². The predicted octanol–water partition coefficient (Wildman–Crippen LogP) is 5.88. The minimum atomic E-state index is -0.797. The molecular weight excluding hydrogens is 460 g/mol. The summed E-state index contributed by atoms with van der Waals surface area (Å²) in [5, 5.41) is 11.7. The number of amides is 1. The molecule has 1 amide bonds. The topological polar surface area (TPSA) is 79.7 Å². The number of ether oxygens (including phenoxy) is 1. The number of carbonyl (C=O) groups is 2. The zero-order chi connectivity index (χ0) is 24.5. The molecule has 0 spiro atoms. The Morgan fingerprint density at radius 1 is 1.03 bits per heavy atom. The van der Waals surface area contributed by atoms with Gasteiger partial charge >= 0.3 is 5.91 Å². The summed E-state index contributed by atoms with van der Waals surface area (Å²) in [6, 6.07) is 21.3. The number of rotatable bonds is 6. The SMILES string of the molecule is CCOc1ccc(C(O)=C2C(=O)C(=O)N(c3nc4ccc(CC)cc4s3)[C@@H]2c2ccccc2)cc1. The molecule has 4 aromatic rings. The van der Waals surface area contributed by atoms with Crippen molar-refractivity contribution in [3.63, 3.8) is 0 Å². The van der Waals surface area contributed by atoms with Gasteiger partial charge < -0.3 is 9.84 Å². The number of anilines is 1. The molecule has 5 rings (SSSR count). The summed E-state index contributed by atoms with van der Waals surface area (Å²) >= 11 is 1.37. The van der Waals surface area contributed by atoms with Crippen molar-refractivity contribution in [2.45, 2.75) is 26.3 Å². The van der Waals surface area contributed by atoms with Gasteiger partial charge in [0.15, 0.2) is 5.13 Å². The molecule has 0 radical (unpaired) electrons. The zero-order valence-electron chi connectivity index (χ0n) is 19.4. The summed E-state index contributed by atoms with van der Waals surface area (Å²) in [6.45, 7) is 4.49. The molecule has 2 heterocycles. The van der Waals surface area contributed by atoms with Crippen LogP contribution in [0, 0.1) is 0 Å². The maximum atomic E-state index is 13.4. The molecule has 0 unspecified atom stereocenters. The van der Waals surface area contributed by atoms with Crippen LogP contribution < -0.4 is 9.64 Å². The highest BCUT2D eigenvalue weighted by molar-refractivity contribution is 7.22. The molecule has 35 heavy (non-hydrogen) atoms. The highest BCUT2D eigenvalue weighted by Gasteiger charge is 2.48. The Kier molecular flexibility index (Phi) is 6.09. The number of aryl methyl sites for hydroxylation is 1. The third-order valence-electron chi connectivity index (χ3n) is 6.05. The fourth-order valence-corrected chi connectivity index (χ4v) is 5.35. The summed E-state index contributed by atoms with van der Waals surface area (Å²) in [7, 11) is 0. The Morgan fingerprint density at radius 2 is 1.77 bits per heavy atom. The van der Waals surface area contributed by atoms with Crippen LogP contribution in [0.1, 0.15) is 36.6 Å². The normalized spacial score (nSPS) is 17.3. The molecule has 1 aromatic heterocycles. The van der Waals surface area contributed by atoms with Gasteiger partial charge in [-0.15, -0.1) is 0 Å². The second-order valence-electron chi connectivity index (χ2n) is 8.19. The number of aliphatic hydroxyl groups is 1. The average Bonchev–Trinajstić information content (AvgIpc) is 3.42. The second-order valence-corrected chi connectivity index (χ2v) is 9.20. The molecule has 1 atom stereocenters. The lowest BCUT2D eigenvalue weighted by Crippen LogP contribution is -2.29. The number of benzene rings is 3. The average molecular weight is 485 g/mol. The first-order chi connectivity index (χ1) is 17.0. The number of aliphatic hydroxyl groups excluding tert-OH is 1. The molecule has 1 fully saturated rings. The van der Waals surface area contributed by atoms with Gasteiger partial charge in [-0.25, -0.2) is 4.98 Å². The van der Waals surface area contributed by atoms with Gasteiger partial charge in [-0.05, 0) is 60.9 Å². The summed E-state index contributed by atoms with van der Waals surface area (Å²) in [5.74, 6) is -1.01. The van der Waals surface area contributed by atoms with E-state index in [2.05, 4.69) is 18.0 Å². The van der Waals surface area contributed by atoms with E-state index in [-0.39, 0.29) is 11.3 Å². The lowest BCUT2D eigenvalue weighted by Gasteiger charge is -2.22. The number of hydrogen-bond acceptors (Lipinski definition) is 6. The molecule has 6 nitrogen and oxygen atoms in total. The van der Waals surface area contributed by atoms with Gasteiger partial charge in [0.25, 0.3) is 5.78 Å². The van der Waals surface area contributed by atoms with Crippen molar-refractivity contribution in [1.82, 2.24) is 4.98 Å². The highest BCUT2D eigenvalue weighted by atomic mass is 32.1. The van der Waals surface area contributed by atoms with Crippen molar-refractivity contribution >= 4 is 44.1 Å². The lowest BCUT2D eigenvalue weighted by atomic mass is 9.95. The number of Topliss-reactive ketones (excluding diaryl/α,β-unsaturated/α-hetero) is 1. The van der Waals surface area contributed by atoms with Crippen LogP contribution in [0.4, 0.5) is 5.13 Å². The summed E-state index contributed by atoms with van der Waals surface area (Å²) < 4.78 is 6.43. The van der Waals surface area contributed by atoms with E-state index in [0.717, 1.165) is 16.6 Å². The van der Waals surface area contributed by atoms with Gasteiger partial charge in [0.2, 0.25) is 0 Å². The number of hydrogen-bond donors (Lipinski definition) is 1. The van der Waals surface area contributed by atoms with E-state index < -0.39 is 17.7 Å². The third-order valence-corrected chi connectivity index (χ3v) is 7.07. The smallest absolute Gasteiger partial charge is 0.301 e. The number of ketones is 1. The Morgan fingerprint density at radius 3 is 2.46 bits per heavy atom. The van der Waals surface area contributed by atoms with Crippen LogP contribution in [-0.2, 0) is 16.0 Å². The van der Waals surface area contributed by atoms with Crippen LogP contribution in [-0.4, -0.2) is 28.4 Å². The summed E-state index contributed by atoms with van der Waals surface area (Å²) in [5.41, 5.74) is 3.13. The van der Waals surface area contributed by atoms with Crippen LogP contribution in [0.25, 0.3) is 16.0 Å². The maximum absolute atomic E-state index is 13.4. The quantitative estimate of drug-likeness (QED) is 0.210. The van der Waals surface area contributed by atoms with Gasteiger partial charge in [0.1, 0.15) is 11.5 Å². The maximum Gasteiger partial charge on any atom is 0.301 e. The molecule has 1 aliphatic rings.